The molecule has 0 bridgehead atoms. The third-order valence-corrected chi connectivity index (χ3v) is 7.61. The fraction of sp³-hybridized carbons (Fsp3) is 0.348. The van der Waals surface area contributed by atoms with Crippen molar-refractivity contribution in [1.82, 2.24) is 14.3 Å². The smallest absolute Gasteiger partial charge is 0.267 e. The predicted molar refractivity (Wildman–Crippen MR) is 124 cm³/mol. The number of nitrogens with zero attached hydrogens (tertiary/aromatic N) is 3. The second-order valence-corrected chi connectivity index (χ2v) is 10.1. The van der Waals surface area contributed by atoms with Gasteiger partial charge in [0, 0.05) is 36.4 Å². The highest BCUT2D eigenvalue weighted by Crippen LogP contribution is 2.28. The minimum absolute atomic E-state index is 0.0106. The first kappa shape index (κ1) is 23.1. The number of hydrogen-bond donors (Lipinski definition) is 2. The van der Waals surface area contributed by atoms with Gasteiger partial charge in [-0.25, -0.2) is 17.7 Å². The van der Waals surface area contributed by atoms with E-state index < -0.39 is 22.0 Å². The second-order valence-electron chi connectivity index (χ2n) is 7.99. The van der Waals surface area contributed by atoms with Crippen molar-refractivity contribution in [3.05, 3.63) is 54.5 Å². The molecule has 3 N–H and O–H groups in total. The number of fused-ring (bicyclic) bond motifs is 1. The van der Waals surface area contributed by atoms with Crippen LogP contribution in [0, 0.1) is 0 Å². The molecule has 1 amide bonds. The van der Waals surface area contributed by atoms with Crippen LogP contribution < -0.4 is 10.5 Å². The highest BCUT2D eigenvalue weighted by molar-refractivity contribution is 7.89. The number of benzene rings is 1. The summed E-state index contributed by atoms with van der Waals surface area (Å²) < 4.78 is 32.0. The van der Waals surface area contributed by atoms with Gasteiger partial charge in [-0.05, 0) is 49.1 Å². The number of carbonyl (C=O) groups is 1. The Hall–Kier alpha value is -3.08. The molecule has 10 heteroatoms. The Labute approximate surface area is 192 Å². The van der Waals surface area contributed by atoms with Crippen LogP contribution in [-0.4, -0.2) is 65.3 Å². The summed E-state index contributed by atoms with van der Waals surface area (Å²) in [5.74, 6) is 0.0380. The van der Waals surface area contributed by atoms with E-state index in [2.05, 4.69) is 9.97 Å². The zero-order chi connectivity index (χ0) is 23.4. The molecule has 3 heterocycles. The first-order valence-corrected chi connectivity index (χ1v) is 12.4. The number of rotatable bonds is 8. The number of piperidine rings is 1. The van der Waals surface area contributed by atoms with Crippen LogP contribution in [0.5, 0.6) is 5.75 Å². The lowest BCUT2D eigenvalue weighted by Gasteiger charge is -2.28. The van der Waals surface area contributed by atoms with Gasteiger partial charge in [-0.15, -0.1) is 0 Å². The molecule has 1 saturated heterocycles. The number of amides is 1. The van der Waals surface area contributed by atoms with Gasteiger partial charge < -0.3 is 15.6 Å². The molecule has 1 aromatic carbocycles. The Bertz CT molecular complexity index is 1240. The molecule has 174 valence electrons. The third kappa shape index (κ3) is 5.47. The number of pyridine rings is 2. The van der Waals surface area contributed by atoms with E-state index in [9.17, 15) is 18.3 Å². The molecule has 1 aliphatic heterocycles. The summed E-state index contributed by atoms with van der Waals surface area (Å²) in [7, 11) is -3.34. The summed E-state index contributed by atoms with van der Waals surface area (Å²) in [6.45, 7) is 1.00. The molecule has 2 aromatic heterocycles. The Morgan fingerprint density at radius 3 is 2.55 bits per heavy atom. The number of nitrogens with two attached hydrogens (primary N) is 1. The summed E-state index contributed by atoms with van der Waals surface area (Å²) in [5, 5.41) is 10.3. The number of carbonyl (C=O) groups excluding carboxylic acids is 1. The number of aliphatic hydroxyl groups is 1. The van der Waals surface area contributed by atoms with Crippen LogP contribution >= 0.6 is 0 Å². The van der Waals surface area contributed by atoms with Crippen molar-refractivity contribution in [3.63, 3.8) is 0 Å². The number of aromatic nitrogens is 2. The van der Waals surface area contributed by atoms with E-state index in [1.165, 1.54) is 4.31 Å². The summed E-state index contributed by atoms with van der Waals surface area (Å²) in [6.07, 6.45) is 4.28. The molecule has 0 unspecified atom stereocenters. The highest BCUT2D eigenvalue weighted by atomic mass is 32.2. The fourth-order valence-corrected chi connectivity index (χ4v) is 5.31. The van der Waals surface area contributed by atoms with Crippen molar-refractivity contribution in [3.8, 4) is 16.9 Å². The molecule has 0 atom stereocenters. The maximum absolute atomic E-state index is 12.4. The SMILES string of the molecule is NC(=O)c1ccc2cncc(-c3ccc(OCCCS(=O)(=O)N4CCC(O)CC4)cc3)c2n1. The predicted octanol–water partition coefficient (Wildman–Crippen LogP) is 1.95. The van der Waals surface area contributed by atoms with Crippen molar-refractivity contribution in [2.45, 2.75) is 25.4 Å². The van der Waals surface area contributed by atoms with Gasteiger partial charge in [0.15, 0.2) is 0 Å². The van der Waals surface area contributed by atoms with Gasteiger partial charge >= 0.3 is 0 Å². The van der Waals surface area contributed by atoms with E-state index in [-0.39, 0.29) is 18.1 Å². The number of aliphatic hydroxyl groups excluding tert-OH is 1. The Morgan fingerprint density at radius 1 is 1.12 bits per heavy atom. The molecule has 0 aliphatic carbocycles. The van der Waals surface area contributed by atoms with Crippen molar-refractivity contribution in [2.75, 3.05) is 25.4 Å². The fourth-order valence-electron chi connectivity index (χ4n) is 3.80. The molecule has 9 nitrogen and oxygen atoms in total. The van der Waals surface area contributed by atoms with E-state index in [1.54, 1.807) is 36.7 Å². The zero-order valence-electron chi connectivity index (χ0n) is 18.1. The van der Waals surface area contributed by atoms with Crippen LogP contribution in [0.2, 0.25) is 0 Å². The van der Waals surface area contributed by atoms with E-state index in [1.807, 2.05) is 12.1 Å². The van der Waals surface area contributed by atoms with Crippen molar-refractivity contribution >= 4 is 26.8 Å². The quantitative estimate of drug-likeness (QED) is 0.480. The molecule has 0 saturated carbocycles. The average Bonchev–Trinajstić information content (AvgIpc) is 2.82. The van der Waals surface area contributed by atoms with Gasteiger partial charge in [0.1, 0.15) is 11.4 Å². The second kappa shape index (κ2) is 9.82. The molecular weight excluding hydrogens is 444 g/mol. The molecular formula is C23H26N4O5S. The molecule has 1 fully saturated rings. The van der Waals surface area contributed by atoms with E-state index >= 15 is 0 Å². The van der Waals surface area contributed by atoms with Gasteiger partial charge in [0.25, 0.3) is 5.91 Å². The standard InChI is InChI=1S/C23H26N4O5S/c24-23(29)21-7-4-17-14-25-15-20(22(17)26-21)16-2-5-19(6-3-16)32-12-1-13-33(30,31)27-10-8-18(28)9-11-27/h2-7,14-15,18,28H,1,8-13H2,(H2,24,29). The summed E-state index contributed by atoms with van der Waals surface area (Å²) >= 11 is 0. The highest BCUT2D eigenvalue weighted by Gasteiger charge is 2.26. The van der Waals surface area contributed by atoms with Gasteiger partial charge in [-0.2, -0.15) is 0 Å². The summed E-state index contributed by atoms with van der Waals surface area (Å²) in [6, 6.07) is 10.7. The maximum Gasteiger partial charge on any atom is 0.267 e. The van der Waals surface area contributed by atoms with Gasteiger partial charge in [0.05, 0.1) is 24.0 Å². The number of hydrogen-bond acceptors (Lipinski definition) is 7. The van der Waals surface area contributed by atoms with E-state index in [0.29, 0.717) is 43.6 Å². The monoisotopic (exact) mass is 470 g/mol. The average molecular weight is 471 g/mol. The van der Waals surface area contributed by atoms with Crippen LogP contribution in [0.1, 0.15) is 29.8 Å². The topological polar surface area (TPSA) is 136 Å². The number of sulfonamides is 1. The summed E-state index contributed by atoms with van der Waals surface area (Å²) in [5.41, 5.74) is 7.79. The molecule has 1 aliphatic rings. The summed E-state index contributed by atoms with van der Waals surface area (Å²) in [4.78, 5) is 20.1. The van der Waals surface area contributed by atoms with Crippen LogP contribution in [0.15, 0.2) is 48.8 Å². The minimum atomic E-state index is -3.34. The molecule has 4 rings (SSSR count). The molecule has 33 heavy (non-hydrogen) atoms. The molecule has 0 spiro atoms. The maximum atomic E-state index is 12.4. The van der Waals surface area contributed by atoms with E-state index in [0.717, 1.165) is 16.5 Å². The van der Waals surface area contributed by atoms with Crippen LogP contribution in [-0.2, 0) is 10.0 Å². The number of primary amides is 1. The van der Waals surface area contributed by atoms with Gasteiger partial charge in [-0.1, -0.05) is 12.1 Å². The Kier molecular flexibility index (Phi) is 6.87. The largest absolute Gasteiger partial charge is 0.494 e. The number of ether oxygens (including phenoxy) is 1. The van der Waals surface area contributed by atoms with Crippen molar-refractivity contribution in [1.29, 1.82) is 0 Å². The van der Waals surface area contributed by atoms with E-state index in [4.69, 9.17) is 10.5 Å². The van der Waals surface area contributed by atoms with Crippen LogP contribution in [0.4, 0.5) is 0 Å². The van der Waals surface area contributed by atoms with Crippen LogP contribution in [0.3, 0.4) is 0 Å². The van der Waals surface area contributed by atoms with Crippen molar-refractivity contribution in [2.24, 2.45) is 5.73 Å². The zero-order valence-corrected chi connectivity index (χ0v) is 18.9. The minimum Gasteiger partial charge on any atom is -0.494 e. The van der Waals surface area contributed by atoms with Crippen molar-refractivity contribution < 1.29 is 23.1 Å². The first-order valence-electron chi connectivity index (χ1n) is 10.8. The lowest BCUT2D eigenvalue weighted by atomic mass is 10.0. The first-order chi connectivity index (χ1) is 15.8. The van der Waals surface area contributed by atoms with Gasteiger partial charge in [0.2, 0.25) is 10.0 Å². The third-order valence-electron chi connectivity index (χ3n) is 5.65. The lowest BCUT2D eigenvalue weighted by Crippen LogP contribution is -2.41. The Balaban J connectivity index is 1.37. The van der Waals surface area contributed by atoms with Crippen LogP contribution in [0.25, 0.3) is 22.0 Å². The normalized spacial score (nSPS) is 15.5. The Morgan fingerprint density at radius 2 is 1.85 bits per heavy atom. The molecule has 3 aromatic rings. The lowest BCUT2D eigenvalue weighted by molar-refractivity contribution is 0.0995. The van der Waals surface area contributed by atoms with Gasteiger partial charge in [-0.3, -0.25) is 9.78 Å². The molecule has 0 radical (unpaired) electrons.